The monoisotopic (exact) mass is 160 g/mol. The third kappa shape index (κ3) is 2.42. The SMILES string of the molecule is NCC1CCCCN1CCF. The Hall–Kier alpha value is -0.150. The van der Waals surface area contributed by atoms with Crippen LogP contribution in [0.4, 0.5) is 4.39 Å². The number of alkyl halides is 1. The van der Waals surface area contributed by atoms with Crippen LogP contribution in [0.25, 0.3) is 0 Å². The molecule has 1 aliphatic heterocycles. The molecule has 2 nitrogen and oxygen atoms in total. The molecule has 0 amide bonds. The zero-order chi connectivity index (χ0) is 8.10. The van der Waals surface area contributed by atoms with Crippen molar-refractivity contribution in [3.63, 3.8) is 0 Å². The van der Waals surface area contributed by atoms with Gasteiger partial charge >= 0.3 is 0 Å². The van der Waals surface area contributed by atoms with Crippen LogP contribution in [0.1, 0.15) is 19.3 Å². The molecule has 1 fully saturated rings. The molecule has 1 heterocycles. The number of nitrogens with zero attached hydrogens (tertiary/aromatic N) is 1. The van der Waals surface area contributed by atoms with Crippen LogP contribution in [0, 0.1) is 0 Å². The van der Waals surface area contributed by atoms with E-state index in [2.05, 4.69) is 4.90 Å². The molecule has 1 atom stereocenters. The van der Waals surface area contributed by atoms with Crippen LogP contribution in [-0.2, 0) is 0 Å². The van der Waals surface area contributed by atoms with Crippen LogP contribution in [0.15, 0.2) is 0 Å². The second kappa shape index (κ2) is 4.67. The predicted octanol–water partition coefficient (Wildman–Crippen LogP) is 0.769. The van der Waals surface area contributed by atoms with Gasteiger partial charge in [0.1, 0.15) is 6.67 Å². The van der Waals surface area contributed by atoms with Gasteiger partial charge in [-0.05, 0) is 19.4 Å². The van der Waals surface area contributed by atoms with Gasteiger partial charge in [0.25, 0.3) is 0 Å². The van der Waals surface area contributed by atoms with E-state index in [1.165, 1.54) is 12.8 Å². The summed E-state index contributed by atoms with van der Waals surface area (Å²) in [5.74, 6) is 0. The van der Waals surface area contributed by atoms with E-state index in [-0.39, 0.29) is 6.67 Å². The normalized spacial score (nSPS) is 27.3. The van der Waals surface area contributed by atoms with Crippen molar-refractivity contribution in [2.45, 2.75) is 25.3 Å². The maximum Gasteiger partial charge on any atom is 0.102 e. The molecular formula is C8H17FN2. The number of nitrogens with two attached hydrogens (primary N) is 1. The Morgan fingerprint density at radius 3 is 2.91 bits per heavy atom. The standard InChI is InChI=1S/C8H17FN2/c9-4-6-11-5-2-1-3-8(11)7-10/h8H,1-7,10H2. The average Bonchev–Trinajstić information content (AvgIpc) is 2.06. The maximum absolute atomic E-state index is 12.0. The lowest BCUT2D eigenvalue weighted by atomic mass is 10.0. The first-order chi connectivity index (χ1) is 5.38. The van der Waals surface area contributed by atoms with Crippen molar-refractivity contribution in [2.75, 3.05) is 26.3 Å². The van der Waals surface area contributed by atoms with Crippen molar-refractivity contribution in [1.82, 2.24) is 4.90 Å². The Morgan fingerprint density at radius 2 is 2.27 bits per heavy atom. The Balaban J connectivity index is 2.31. The summed E-state index contributed by atoms with van der Waals surface area (Å²) >= 11 is 0. The fourth-order valence-corrected chi connectivity index (χ4v) is 1.73. The van der Waals surface area contributed by atoms with Gasteiger partial charge in [-0.1, -0.05) is 6.42 Å². The van der Waals surface area contributed by atoms with Crippen molar-refractivity contribution in [3.8, 4) is 0 Å². The molecule has 2 N–H and O–H groups in total. The summed E-state index contributed by atoms with van der Waals surface area (Å²) in [7, 11) is 0. The minimum absolute atomic E-state index is 0.240. The van der Waals surface area contributed by atoms with E-state index in [1.807, 2.05) is 0 Å². The minimum Gasteiger partial charge on any atom is -0.329 e. The highest BCUT2D eigenvalue weighted by Gasteiger charge is 2.19. The maximum atomic E-state index is 12.0. The van der Waals surface area contributed by atoms with Crippen LogP contribution in [0.2, 0.25) is 0 Å². The first-order valence-electron chi connectivity index (χ1n) is 4.38. The molecule has 0 bridgehead atoms. The van der Waals surface area contributed by atoms with E-state index in [0.29, 0.717) is 19.1 Å². The van der Waals surface area contributed by atoms with E-state index < -0.39 is 0 Å². The summed E-state index contributed by atoms with van der Waals surface area (Å²) in [5, 5.41) is 0. The number of hydrogen-bond donors (Lipinski definition) is 1. The number of piperidine rings is 1. The number of likely N-dealkylation sites (tertiary alicyclic amines) is 1. The van der Waals surface area contributed by atoms with Crippen molar-refractivity contribution >= 4 is 0 Å². The number of hydrogen-bond acceptors (Lipinski definition) is 2. The van der Waals surface area contributed by atoms with E-state index in [1.54, 1.807) is 0 Å². The second-order valence-corrected chi connectivity index (χ2v) is 3.11. The molecule has 0 aliphatic carbocycles. The second-order valence-electron chi connectivity index (χ2n) is 3.11. The van der Waals surface area contributed by atoms with Gasteiger partial charge in [0.15, 0.2) is 0 Å². The molecule has 0 aromatic heterocycles. The molecule has 1 unspecified atom stereocenters. The highest BCUT2D eigenvalue weighted by Crippen LogP contribution is 2.15. The smallest absolute Gasteiger partial charge is 0.102 e. The van der Waals surface area contributed by atoms with Gasteiger partial charge in [-0.3, -0.25) is 4.90 Å². The lowest BCUT2D eigenvalue weighted by Gasteiger charge is -2.34. The minimum atomic E-state index is -0.240. The molecular weight excluding hydrogens is 143 g/mol. The summed E-state index contributed by atoms with van der Waals surface area (Å²) in [4.78, 5) is 2.17. The average molecular weight is 160 g/mol. The summed E-state index contributed by atoms with van der Waals surface area (Å²) in [5.41, 5.74) is 5.56. The first-order valence-corrected chi connectivity index (χ1v) is 4.38. The van der Waals surface area contributed by atoms with Crippen LogP contribution >= 0.6 is 0 Å². The van der Waals surface area contributed by atoms with Crippen molar-refractivity contribution in [3.05, 3.63) is 0 Å². The van der Waals surface area contributed by atoms with Gasteiger partial charge in [0, 0.05) is 19.1 Å². The van der Waals surface area contributed by atoms with Crippen molar-refractivity contribution in [2.24, 2.45) is 5.73 Å². The Morgan fingerprint density at radius 1 is 1.45 bits per heavy atom. The molecule has 0 aromatic carbocycles. The summed E-state index contributed by atoms with van der Waals surface area (Å²) in [6.45, 7) is 2.05. The van der Waals surface area contributed by atoms with Gasteiger partial charge in [-0.25, -0.2) is 4.39 Å². The van der Waals surface area contributed by atoms with Gasteiger partial charge in [0.2, 0.25) is 0 Å². The Bertz CT molecular complexity index is 106. The van der Waals surface area contributed by atoms with Gasteiger partial charge in [-0.2, -0.15) is 0 Å². The molecule has 3 heteroatoms. The molecule has 0 radical (unpaired) electrons. The van der Waals surface area contributed by atoms with Gasteiger partial charge < -0.3 is 5.73 Å². The van der Waals surface area contributed by atoms with E-state index >= 15 is 0 Å². The highest BCUT2D eigenvalue weighted by atomic mass is 19.1. The molecule has 0 saturated carbocycles. The lowest BCUT2D eigenvalue weighted by molar-refractivity contribution is 0.142. The molecule has 66 valence electrons. The van der Waals surface area contributed by atoms with Gasteiger partial charge in [0.05, 0.1) is 0 Å². The predicted molar refractivity (Wildman–Crippen MR) is 44.2 cm³/mol. The third-order valence-corrected chi connectivity index (χ3v) is 2.39. The zero-order valence-electron chi connectivity index (χ0n) is 6.93. The Labute approximate surface area is 67.6 Å². The van der Waals surface area contributed by atoms with Crippen LogP contribution in [0.5, 0.6) is 0 Å². The van der Waals surface area contributed by atoms with Crippen LogP contribution < -0.4 is 5.73 Å². The largest absolute Gasteiger partial charge is 0.329 e. The fourth-order valence-electron chi connectivity index (χ4n) is 1.73. The van der Waals surface area contributed by atoms with Crippen molar-refractivity contribution in [1.29, 1.82) is 0 Å². The summed E-state index contributed by atoms with van der Waals surface area (Å²) < 4.78 is 12.0. The van der Waals surface area contributed by atoms with Crippen molar-refractivity contribution < 1.29 is 4.39 Å². The first kappa shape index (κ1) is 8.94. The lowest BCUT2D eigenvalue weighted by Crippen LogP contribution is -2.44. The third-order valence-electron chi connectivity index (χ3n) is 2.39. The summed E-state index contributed by atoms with van der Waals surface area (Å²) in [6.07, 6.45) is 3.61. The van der Waals surface area contributed by atoms with E-state index in [4.69, 9.17) is 5.73 Å². The molecule has 0 aromatic rings. The van der Waals surface area contributed by atoms with E-state index in [9.17, 15) is 4.39 Å². The Kier molecular flexibility index (Phi) is 3.80. The van der Waals surface area contributed by atoms with E-state index in [0.717, 1.165) is 13.0 Å². The molecule has 0 spiro atoms. The highest BCUT2D eigenvalue weighted by molar-refractivity contribution is 4.76. The van der Waals surface area contributed by atoms with Crippen LogP contribution in [-0.4, -0.2) is 37.3 Å². The van der Waals surface area contributed by atoms with Gasteiger partial charge in [-0.15, -0.1) is 0 Å². The topological polar surface area (TPSA) is 29.3 Å². The number of rotatable bonds is 3. The molecule has 11 heavy (non-hydrogen) atoms. The fraction of sp³-hybridized carbons (Fsp3) is 1.00. The molecule has 1 rings (SSSR count). The zero-order valence-corrected chi connectivity index (χ0v) is 6.93. The number of halogens is 1. The molecule has 1 aliphatic rings. The van der Waals surface area contributed by atoms with Crippen LogP contribution in [0.3, 0.4) is 0 Å². The summed E-state index contributed by atoms with van der Waals surface area (Å²) in [6, 6.07) is 0.444. The quantitative estimate of drug-likeness (QED) is 0.660. The molecule has 1 saturated heterocycles.